The maximum absolute atomic E-state index is 10.9. The molecule has 0 radical (unpaired) electrons. The Labute approximate surface area is 197 Å². The number of ether oxygens (including phenoxy) is 1. The van der Waals surface area contributed by atoms with Crippen molar-refractivity contribution in [2.75, 3.05) is 0 Å². The monoisotopic (exact) mass is 442 g/mol. The van der Waals surface area contributed by atoms with Crippen molar-refractivity contribution in [3.8, 4) is 0 Å². The van der Waals surface area contributed by atoms with Crippen molar-refractivity contribution in [1.82, 2.24) is 0 Å². The average Bonchev–Trinajstić information content (AvgIpc) is 3.53. The number of epoxide rings is 1. The Kier molecular flexibility index (Phi) is 4.46. The first kappa shape index (κ1) is 22.4. The van der Waals surface area contributed by atoms with E-state index in [2.05, 4.69) is 48.5 Å². The molecule has 10 atom stereocenters. The van der Waals surface area contributed by atoms with Gasteiger partial charge in [-0.1, -0.05) is 34.6 Å². The topological polar surface area (TPSA) is 32.8 Å². The van der Waals surface area contributed by atoms with E-state index in [0.717, 1.165) is 30.1 Å². The summed E-state index contributed by atoms with van der Waals surface area (Å²) in [6, 6.07) is 0. The largest absolute Gasteiger partial charge is 0.393 e. The number of rotatable bonds is 4. The van der Waals surface area contributed by atoms with Crippen LogP contribution in [0, 0.1) is 50.7 Å². The van der Waals surface area contributed by atoms with Crippen LogP contribution in [-0.2, 0) is 4.74 Å². The van der Waals surface area contributed by atoms with E-state index in [1.807, 2.05) is 0 Å². The van der Waals surface area contributed by atoms with Crippen molar-refractivity contribution in [2.45, 2.75) is 137 Å². The molecule has 0 aromatic rings. The van der Waals surface area contributed by atoms with Crippen LogP contribution in [-0.4, -0.2) is 22.9 Å². The van der Waals surface area contributed by atoms with E-state index >= 15 is 0 Å². The molecule has 1 N–H and O–H groups in total. The second-order valence-corrected chi connectivity index (χ2v) is 15.3. The second-order valence-electron chi connectivity index (χ2n) is 15.3. The van der Waals surface area contributed by atoms with Gasteiger partial charge in [0.1, 0.15) is 0 Å². The Morgan fingerprint density at radius 2 is 1.47 bits per heavy atom. The predicted octanol–water partition coefficient (Wildman–Crippen LogP) is 7.38. The van der Waals surface area contributed by atoms with Gasteiger partial charge in [-0.2, -0.15) is 0 Å². The lowest BCUT2D eigenvalue weighted by molar-refractivity contribution is -0.161. The second kappa shape index (κ2) is 6.37. The number of fused-ring (bicyclic) bond motifs is 2. The molecule has 0 aromatic carbocycles. The van der Waals surface area contributed by atoms with E-state index in [0.29, 0.717) is 27.8 Å². The molecule has 2 spiro atoms. The highest BCUT2D eigenvalue weighted by atomic mass is 16.6. The number of hydrogen-bond acceptors (Lipinski definition) is 2. The molecule has 0 aromatic heterocycles. The minimum Gasteiger partial charge on any atom is -0.393 e. The van der Waals surface area contributed by atoms with Crippen LogP contribution in [0.25, 0.3) is 0 Å². The summed E-state index contributed by atoms with van der Waals surface area (Å²) in [7, 11) is 0. The highest BCUT2D eigenvalue weighted by Gasteiger charge is 2.82. The van der Waals surface area contributed by atoms with Gasteiger partial charge in [0, 0.05) is 0 Å². The quantitative estimate of drug-likeness (QED) is 0.461. The van der Waals surface area contributed by atoms with Gasteiger partial charge in [0.2, 0.25) is 0 Å². The third kappa shape index (κ3) is 2.51. The van der Waals surface area contributed by atoms with Gasteiger partial charge in [0.25, 0.3) is 0 Å². The fourth-order valence-electron chi connectivity index (χ4n) is 11.7. The highest BCUT2D eigenvalue weighted by molar-refractivity contribution is 5.30. The molecule has 0 unspecified atom stereocenters. The minimum atomic E-state index is -0.0890. The van der Waals surface area contributed by atoms with Gasteiger partial charge >= 0.3 is 0 Å². The van der Waals surface area contributed by atoms with E-state index in [-0.39, 0.29) is 17.1 Å². The zero-order valence-electron chi connectivity index (χ0n) is 22.1. The summed E-state index contributed by atoms with van der Waals surface area (Å²) < 4.78 is 5.91. The van der Waals surface area contributed by atoms with Gasteiger partial charge in [0.15, 0.2) is 0 Å². The number of aliphatic hydroxyl groups excluding tert-OH is 1. The molecule has 1 heterocycles. The van der Waals surface area contributed by atoms with Crippen LogP contribution in [0.2, 0.25) is 0 Å². The molecule has 0 amide bonds. The van der Waals surface area contributed by atoms with Crippen LogP contribution in [0.1, 0.15) is 119 Å². The average molecular weight is 443 g/mol. The van der Waals surface area contributed by atoms with E-state index in [9.17, 15) is 5.11 Å². The third-order valence-corrected chi connectivity index (χ3v) is 13.9. The van der Waals surface area contributed by atoms with Gasteiger partial charge in [-0.15, -0.1) is 0 Å². The smallest absolute Gasteiger partial charge is 0.0892 e. The van der Waals surface area contributed by atoms with Crippen molar-refractivity contribution in [2.24, 2.45) is 50.7 Å². The molecule has 6 fully saturated rings. The zero-order chi connectivity index (χ0) is 22.9. The van der Waals surface area contributed by atoms with Crippen molar-refractivity contribution < 1.29 is 9.84 Å². The van der Waals surface area contributed by atoms with Crippen LogP contribution in [0.5, 0.6) is 0 Å². The highest BCUT2D eigenvalue weighted by Crippen LogP contribution is 2.89. The summed E-state index contributed by atoms with van der Waals surface area (Å²) in [6.45, 7) is 17.3. The van der Waals surface area contributed by atoms with E-state index in [1.54, 1.807) is 0 Å². The first-order chi connectivity index (χ1) is 14.8. The maximum Gasteiger partial charge on any atom is 0.0892 e. The van der Waals surface area contributed by atoms with Gasteiger partial charge < -0.3 is 9.84 Å². The van der Waals surface area contributed by atoms with Crippen molar-refractivity contribution >= 4 is 0 Å². The predicted molar refractivity (Wildman–Crippen MR) is 130 cm³/mol. The van der Waals surface area contributed by atoms with E-state index in [4.69, 9.17) is 4.74 Å². The van der Waals surface area contributed by atoms with Crippen molar-refractivity contribution in [3.05, 3.63) is 0 Å². The Hall–Kier alpha value is -0.0800. The van der Waals surface area contributed by atoms with Crippen molar-refractivity contribution in [3.63, 3.8) is 0 Å². The Bertz CT molecular complexity index is 801. The lowest BCUT2D eigenvalue weighted by Crippen LogP contribution is -2.57. The first-order valence-corrected chi connectivity index (χ1v) is 14.2. The summed E-state index contributed by atoms with van der Waals surface area (Å²) in [4.78, 5) is 0. The normalized spacial score (nSPS) is 57.6. The van der Waals surface area contributed by atoms with Crippen LogP contribution in [0.15, 0.2) is 0 Å². The molecular formula is C30H50O2. The van der Waals surface area contributed by atoms with E-state index < -0.39 is 0 Å². The van der Waals surface area contributed by atoms with Gasteiger partial charge in [0.05, 0.1) is 17.8 Å². The molecule has 32 heavy (non-hydrogen) atoms. The van der Waals surface area contributed by atoms with Gasteiger partial charge in [-0.3, -0.25) is 0 Å². The summed E-state index contributed by atoms with van der Waals surface area (Å²) in [5.74, 6) is 3.40. The molecule has 5 aliphatic carbocycles. The summed E-state index contributed by atoms with van der Waals surface area (Å²) in [6.07, 6.45) is 15.5. The van der Waals surface area contributed by atoms with Crippen LogP contribution in [0.3, 0.4) is 0 Å². The lowest BCUT2D eigenvalue weighted by atomic mass is 9.41. The Balaban J connectivity index is 1.24. The molecule has 2 heteroatoms. The fourth-order valence-corrected chi connectivity index (χ4v) is 11.7. The lowest BCUT2D eigenvalue weighted by Gasteiger charge is -2.63. The van der Waals surface area contributed by atoms with Gasteiger partial charge in [-0.05, 0) is 135 Å². The SMILES string of the molecule is C[C@H](CC[C@H]1OC1(C)C)[C@H]1CC[C@@]2(C)[C@H]3CC[C@@H]4C(C)(C)[C@@H](O)CC[C@@]45C[C@@]35CC[C@]12C. The number of aliphatic hydroxyl groups is 1. The molecule has 182 valence electrons. The minimum absolute atomic E-state index is 0.0890. The van der Waals surface area contributed by atoms with Crippen LogP contribution in [0.4, 0.5) is 0 Å². The third-order valence-electron chi connectivity index (χ3n) is 13.9. The standard InChI is InChI=1S/C30H50O2/c1-19(8-11-24-26(4,5)32-24)20-12-14-28(7)22-10-9-21-25(2,3)23(31)13-15-29(21)18-30(22,29)17-16-27(20,28)6/h19-24,31H,8-18H2,1-7H3/t19-,20-,21-,22-,23+,24-,27-,28+,29-,30+/m1/s1. The van der Waals surface area contributed by atoms with Crippen LogP contribution < -0.4 is 0 Å². The molecule has 1 aliphatic heterocycles. The Morgan fingerprint density at radius 3 is 2.16 bits per heavy atom. The molecule has 6 rings (SSSR count). The zero-order valence-corrected chi connectivity index (χ0v) is 22.1. The maximum atomic E-state index is 10.9. The summed E-state index contributed by atoms with van der Waals surface area (Å²) in [5.41, 5.74) is 2.48. The number of hydrogen-bond donors (Lipinski definition) is 1. The molecule has 0 bridgehead atoms. The van der Waals surface area contributed by atoms with E-state index in [1.165, 1.54) is 64.2 Å². The summed E-state index contributed by atoms with van der Waals surface area (Å²) >= 11 is 0. The van der Waals surface area contributed by atoms with Crippen molar-refractivity contribution in [1.29, 1.82) is 0 Å². The molecule has 6 aliphatic rings. The molecule has 5 saturated carbocycles. The van der Waals surface area contributed by atoms with Gasteiger partial charge in [-0.25, -0.2) is 0 Å². The fraction of sp³-hybridized carbons (Fsp3) is 1.00. The summed E-state index contributed by atoms with van der Waals surface area (Å²) in [5, 5.41) is 10.9. The Morgan fingerprint density at radius 1 is 0.812 bits per heavy atom. The first-order valence-electron chi connectivity index (χ1n) is 14.2. The molecule has 2 nitrogen and oxygen atoms in total. The van der Waals surface area contributed by atoms with Crippen LogP contribution >= 0.6 is 0 Å². The molecule has 1 saturated heterocycles. The molecular weight excluding hydrogens is 392 g/mol.